The molecule has 6 rings (SSSR count). The summed E-state index contributed by atoms with van der Waals surface area (Å²) in [5.74, 6) is 0.466. The van der Waals surface area contributed by atoms with Gasteiger partial charge in [-0.3, -0.25) is 9.59 Å². The molecule has 0 saturated heterocycles. The van der Waals surface area contributed by atoms with Crippen molar-refractivity contribution in [3.63, 3.8) is 0 Å². The number of carbonyl (C=O) groups is 2. The SMILES string of the molecule is O=C(Cc1ccc(F)cc1)Nc1cc(-c2[nH]c3c(c2Nc2ccccc2)C(=O)N(CC2CC2)CC3)ccn1. The largest absolute Gasteiger partial charge is 0.356 e. The number of carbonyl (C=O) groups excluding carboxylic acids is 2. The van der Waals surface area contributed by atoms with Crippen LogP contribution in [0.5, 0.6) is 0 Å². The average Bonchev–Trinajstić information content (AvgIpc) is 3.67. The fraction of sp³-hybridized carbons (Fsp3) is 0.233. The van der Waals surface area contributed by atoms with Crippen molar-refractivity contribution in [3.8, 4) is 11.3 Å². The molecule has 0 atom stereocenters. The molecule has 8 heteroatoms. The Kier molecular flexibility index (Phi) is 6.37. The number of pyridine rings is 1. The number of halogens is 1. The van der Waals surface area contributed by atoms with E-state index in [9.17, 15) is 14.0 Å². The zero-order valence-electron chi connectivity index (χ0n) is 20.8. The predicted octanol–water partition coefficient (Wildman–Crippen LogP) is 5.55. The Labute approximate surface area is 220 Å². The summed E-state index contributed by atoms with van der Waals surface area (Å²) < 4.78 is 13.2. The molecule has 0 bridgehead atoms. The summed E-state index contributed by atoms with van der Waals surface area (Å²) in [6.07, 6.45) is 4.88. The third-order valence-corrected chi connectivity index (χ3v) is 7.02. The van der Waals surface area contributed by atoms with Crippen molar-refractivity contribution in [2.75, 3.05) is 23.7 Å². The van der Waals surface area contributed by atoms with Gasteiger partial charge in [0.1, 0.15) is 11.6 Å². The van der Waals surface area contributed by atoms with Crippen LogP contribution in [0.2, 0.25) is 0 Å². The highest BCUT2D eigenvalue weighted by molar-refractivity contribution is 6.06. The van der Waals surface area contributed by atoms with E-state index < -0.39 is 0 Å². The number of rotatable bonds is 8. The van der Waals surface area contributed by atoms with Gasteiger partial charge in [0.05, 0.1) is 23.4 Å². The Morgan fingerprint density at radius 3 is 2.63 bits per heavy atom. The van der Waals surface area contributed by atoms with Gasteiger partial charge in [0.25, 0.3) is 5.91 Å². The number of fused-ring (bicyclic) bond motifs is 1. The summed E-state index contributed by atoms with van der Waals surface area (Å²) >= 11 is 0. The maximum atomic E-state index is 13.6. The molecule has 192 valence electrons. The van der Waals surface area contributed by atoms with Crippen LogP contribution < -0.4 is 10.6 Å². The van der Waals surface area contributed by atoms with E-state index >= 15 is 0 Å². The zero-order valence-corrected chi connectivity index (χ0v) is 20.8. The Morgan fingerprint density at radius 2 is 1.87 bits per heavy atom. The van der Waals surface area contributed by atoms with Gasteiger partial charge in [-0.1, -0.05) is 30.3 Å². The van der Waals surface area contributed by atoms with Crippen LogP contribution in [-0.2, 0) is 17.6 Å². The second-order valence-corrected chi connectivity index (χ2v) is 9.95. The van der Waals surface area contributed by atoms with Crippen LogP contribution in [0.15, 0.2) is 72.9 Å². The van der Waals surface area contributed by atoms with Crippen LogP contribution in [0.25, 0.3) is 11.3 Å². The quantitative estimate of drug-likeness (QED) is 0.291. The fourth-order valence-corrected chi connectivity index (χ4v) is 4.90. The van der Waals surface area contributed by atoms with Crippen molar-refractivity contribution in [1.82, 2.24) is 14.9 Å². The van der Waals surface area contributed by atoms with Gasteiger partial charge in [0.2, 0.25) is 5.91 Å². The van der Waals surface area contributed by atoms with Crippen molar-refractivity contribution >= 4 is 29.0 Å². The first kappa shape index (κ1) is 23.9. The molecule has 3 heterocycles. The molecular formula is C30H28FN5O2. The van der Waals surface area contributed by atoms with Gasteiger partial charge in [-0.25, -0.2) is 9.37 Å². The summed E-state index contributed by atoms with van der Waals surface area (Å²) in [5, 5.41) is 6.32. The smallest absolute Gasteiger partial charge is 0.257 e. The highest BCUT2D eigenvalue weighted by Crippen LogP contribution is 2.39. The number of benzene rings is 2. The van der Waals surface area contributed by atoms with Crippen LogP contribution in [-0.4, -0.2) is 39.8 Å². The molecule has 4 aromatic rings. The van der Waals surface area contributed by atoms with Gasteiger partial charge >= 0.3 is 0 Å². The van der Waals surface area contributed by atoms with Crippen molar-refractivity contribution in [1.29, 1.82) is 0 Å². The highest BCUT2D eigenvalue weighted by atomic mass is 19.1. The van der Waals surface area contributed by atoms with E-state index in [4.69, 9.17) is 0 Å². The van der Waals surface area contributed by atoms with Crippen molar-refractivity contribution in [2.45, 2.75) is 25.7 Å². The molecule has 2 aliphatic rings. The van der Waals surface area contributed by atoms with Gasteiger partial charge in [0, 0.05) is 42.7 Å². The lowest BCUT2D eigenvalue weighted by Gasteiger charge is -2.27. The zero-order chi connectivity index (χ0) is 26.1. The van der Waals surface area contributed by atoms with Crippen LogP contribution in [0.3, 0.4) is 0 Å². The monoisotopic (exact) mass is 509 g/mol. The molecule has 0 spiro atoms. The minimum Gasteiger partial charge on any atom is -0.356 e. The summed E-state index contributed by atoms with van der Waals surface area (Å²) in [6.45, 7) is 1.51. The maximum Gasteiger partial charge on any atom is 0.257 e. The molecule has 2 aromatic heterocycles. The molecule has 0 radical (unpaired) electrons. The van der Waals surface area contributed by atoms with Crippen molar-refractivity contribution in [2.24, 2.45) is 5.92 Å². The third-order valence-electron chi connectivity index (χ3n) is 7.02. The van der Waals surface area contributed by atoms with E-state index in [1.807, 2.05) is 41.3 Å². The number of para-hydroxylation sites is 1. The van der Waals surface area contributed by atoms with Gasteiger partial charge in [-0.15, -0.1) is 0 Å². The second kappa shape index (κ2) is 10.1. The van der Waals surface area contributed by atoms with E-state index in [1.54, 1.807) is 24.4 Å². The van der Waals surface area contributed by atoms with Gasteiger partial charge in [-0.05, 0) is 60.7 Å². The Hall–Kier alpha value is -4.46. The molecule has 1 aliphatic carbocycles. The molecule has 2 aromatic carbocycles. The molecule has 1 saturated carbocycles. The van der Waals surface area contributed by atoms with Gasteiger partial charge < -0.3 is 20.5 Å². The summed E-state index contributed by atoms with van der Waals surface area (Å²) in [6, 6.07) is 19.3. The molecule has 7 nitrogen and oxygen atoms in total. The average molecular weight is 510 g/mol. The van der Waals surface area contributed by atoms with E-state index in [0.29, 0.717) is 29.4 Å². The number of nitrogens with one attached hydrogen (secondary N) is 3. The molecule has 1 fully saturated rings. The van der Waals surface area contributed by atoms with E-state index in [2.05, 4.69) is 20.6 Å². The fourth-order valence-electron chi connectivity index (χ4n) is 4.90. The lowest BCUT2D eigenvalue weighted by Crippen LogP contribution is -2.38. The first-order valence-electron chi connectivity index (χ1n) is 12.9. The predicted molar refractivity (Wildman–Crippen MR) is 145 cm³/mol. The highest BCUT2D eigenvalue weighted by Gasteiger charge is 2.34. The lowest BCUT2D eigenvalue weighted by atomic mass is 10.0. The van der Waals surface area contributed by atoms with Crippen LogP contribution in [0.4, 0.5) is 21.6 Å². The van der Waals surface area contributed by atoms with E-state index in [1.165, 1.54) is 25.0 Å². The van der Waals surface area contributed by atoms with E-state index in [-0.39, 0.29) is 24.1 Å². The number of anilines is 3. The van der Waals surface area contributed by atoms with Crippen molar-refractivity contribution < 1.29 is 14.0 Å². The number of H-pyrrole nitrogens is 1. The molecule has 38 heavy (non-hydrogen) atoms. The Bertz CT molecular complexity index is 1480. The van der Waals surface area contributed by atoms with Crippen LogP contribution in [0, 0.1) is 11.7 Å². The minimum atomic E-state index is -0.341. The molecule has 2 amide bonds. The van der Waals surface area contributed by atoms with Gasteiger partial charge in [0.15, 0.2) is 0 Å². The minimum absolute atomic E-state index is 0.0426. The van der Waals surface area contributed by atoms with E-state index in [0.717, 1.165) is 41.3 Å². The normalized spacial score (nSPS) is 14.8. The number of aromatic amines is 1. The maximum absolute atomic E-state index is 13.6. The summed E-state index contributed by atoms with van der Waals surface area (Å²) in [7, 11) is 0. The number of hydrogen-bond acceptors (Lipinski definition) is 4. The Morgan fingerprint density at radius 1 is 1.08 bits per heavy atom. The Balaban J connectivity index is 1.30. The van der Waals surface area contributed by atoms with Crippen LogP contribution in [0.1, 0.15) is 34.5 Å². The number of aromatic nitrogens is 2. The number of nitrogens with zero attached hydrogens (tertiary/aromatic N) is 2. The lowest BCUT2D eigenvalue weighted by molar-refractivity contribution is -0.115. The topological polar surface area (TPSA) is 90.1 Å². The summed E-state index contributed by atoms with van der Waals surface area (Å²) in [4.78, 5) is 36.0. The van der Waals surface area contributed by atoms with Gasteiger partial charge in [-0.2, -0.15) is 0 Å². The molecule has 0 unspecified atom stereocenters. The standard InChI is InChI=1S/C30H28FN5O2/c31-22-10-8-19(9-11-22)16-26(37)35-25-17-21(12-14-32-25)28-29(33-23-4-2-1-3-5-23)27-24(34-28)13-15-36(30(27)38)18-20-6-7-20/h1-5,8-12,14,17,20,33-34H,6-7,13,15-16,18H2,(H,32,35,37). The molecule has 3 N–H and O–H groups in total. The summed E-state index contributed by atoms with van der Waals surface area (Å²) in [5.41, 5.74) is 5.48. The molecular weight excluding hydrogens is 481 g/mol. The molecule has 1 aliphatic heterocycles. The number of amides is 2. The third kappa shape index (κ3) is 5.16. The second-order valence-electron chi connectivity index (χ2n) is 9.95. The first-order valence-corrected chi connectivity index (χ1v) is 12.9. The first-order chi connectivity index (χ1) is 18.5. The van der Waals surface area contributed by atoms with Crippen molar-refractivity contribution in [3.05, 3.63) is 95.6 Å². The number of hydrogen-bond donors (Lipinski definition) is 3. The van der Waals surface area contributed by atoms with Crippen LogP contribution >= 0.6 is 0 Å².